The molecule has 3 aromatic carbocycles. The second-order valence-electron chi connectivity index (χ2n) is 11.0. The van der Waals surface area contributed by atoms with Crippen LogP contribution in [0.25, 0.3) is 43.6 Å². The number of ether oxygens (including phenoxy) is 1. The number of carbonyl (C=O) groups is 2. The molecule has 1 fully saturated rings. The van der Waals surface area contributed by atoms with E-state index in [1.807, 2.05) is 0 Å². The van der Waals surface area contributed by atoms with Gasteiger partial charge in [-0.2, -0.15) is 0 Å². The van der Waals surface area contributed by atoms with E-state index in [2.05, 4.69) is 10.4 Å². The Labute approximate surface area is 246 Å². The lowest BCUT2D eigenvalue weighted by molar-refractivity contribution is -0.0950. The number of H-pyrrole nitrogens is 1. The number of hydrogen-bond acceptors (Lipinski definition) is 12. The van der Waals surface area contributed by atoms with Crippen molar-refractivity contribution in [1.29, 1.82) is 0 Å². The minimum atomic E-state index is -1.65. The second kappa shape index (κ2) is 10.1. The van der Waals surface area contributed by atoms with Crippen LogP contribution in [0, 0.1) is 0 Å². The number of nitrogens with zero attached hydrogens (tertiary/aromatic N) is 2. The molecule has 1 saturated heterocycles. The monoisotopic (exact) mass is 608 g/mol. The fourth-order valence-electron chi connectivity index (χ4n) is 6.44. The number of carbonyl (C=O) groups excluding carboxylic acids is 2. The number of fused-ring (bicyclic) bond motifs is 10. The lowest BCUT2D eigenvalue weighted by atomic mass is 9.96. The van der Waals surface area contributed by atoms with E-state index in [0.29, 0.717) is 21.3 Å². The van der Waals surface area contributed by atoms with Gasteiger partial charge in [0.25, 0.3) is 11.8 Å². The highest BCUT2D eigenvalue weighted by Crippen LogP contribution is 2.48. The number of phenolic OH excluding ortho intramolecular Hbond substituents is 2. The number of aromatic amines is 1. The van der Waals surface area contributed by atoms with Gasteiger partial charge in [0, 0.05) is 33.7 Å². The zero-order valence-corrected chi connectivity index (χ0v) is 22.7. The molecule has 2 aliphatic rings. The molecule has 15 heteroatoms. The molecule has 5 atom stereocenters. The highest BCUT2D eigenvalue weighted by Gasteiger charge is 2.49. The molecule has 44 heavy (non-hydrogen) atoms. The van der Waals surface area contributed by atoms with Gasteiger partial charge in [-0.05, 0) is 24.3 Å². The van der Waals surface area contributed by atoms with Crippen LogP contribution in [0.5, 0.6) is 11.5 Å². The third kappa shape index (κ3) is 3.79. The maximum absolute atomic E-state index is 14.1. The Kier molecular flexibility index (Phi) is 6.54. The van der Waals surface area contributed by atoms with E-state index in [0.717, 1.165) is 0 Å². The Balaban J connectivity index is 1.63. The van der Waals surface area contributed by atoms with Crippen LogP contribution in [0.15, 0.2) is 36.4 Å². The topological polar surface area (TPSA) is 241 Å². The van der Waals surface area contributed by atoms with Crippen LogP contribution in [-0.4, -0.2) is 118 Å². The van der Waals surface area contributed by atoms with Crippen molar-refractivity contribution >= 4 is 55.4 Å². The lowest BCUT2D eigenvalue weighted by Crippen LogP contribution is -2.50. The maximum atomic E-state index is 14.1. The average Bonchev–Trinajstić information content (AvgIpc) is 3.70. The minimum absolute atomic E-state index is 0.00908. The third-order valence-corrected chi connectivity index (χ3v) is 8.44. The van der Waals surface area contributed by atoms with Gasteiger partial charge in [-0.15, -0.1) is 0 Å². The second-order valence-corrected chi connectivity index (χ2v) is 11.0. The summed E-state index contributed by atoms with van der Waals surface area (Å²) in [6.45, 7) is -1.93. The standard InChI is InChI=1S/C29H28N4O11/c34-7-10(8-35)31-33-27(42)20-18-13-3-1-11(37)5-15(13)30-22(18)23-19(21(20)28(33)43)14-4-2-12(38)6-16(14)32(23)29-25(41)24(40)26(44-29)17(39)9-36/h1-6,10,17,24-26,29-31,34-41H,7-9H2/t17-,24+,25-,26-,29-/m1/s1. The molecule has 2 aromatic heterocycles. The molecule has 7 rings (SSSR count). The summed E-state index contributed by atoms with van der Waals surface area (Å²) in [5.41, 5.74) is 3.67. The summed E-state index contributed by atoms with van der Waals surface area (Å²) in [6, 6.07) is 7.59. The number of nitrogens with one attached hydrogen (secondary N) is 2. The van der Waals surface area contributed by atoms with Gasteiger partial charge in [0.1, 0.15) is 35.9 Å². The van der Waals surface area contributed by atoms with Gasteiger partial charge in [-0.25, -0.2) is 10.4 Å². The zero-order valence-electron chi connectivity index (χ0n) is 22.7. The molecular formula is C29H28N4O11. The predicted molar refractivity (Wildman–Crippen MR) is 153 cm³/mol. The van der Waals surface area contributed by atoms with Crippen molar-refractivity contribution in [3.05, 3.63) is 47.5 Å². The van der Waals surface area contributed by atoms with Crippen molar-refractivity contribution in [3.8, 4) is 11.5 Å². The van der Waals surface area contributed by atoms with Gasteiger partial charge in [0.2, 0.25) is 0 Å². The van der Waals surface area contributed by atoms with Crippen molar-refractivity contribution in [2.75, 3.05) is 19.8 Å². The fourth-order valence-corrected chi connectivity index (χ4v) is 6.44. The molecule has 2 amide bonds. The van der Waals surface area contributed by atoms with E-state index >= 15 is 0 Å². The molecule has 10 N–H and O–H groups in total. The summed E-state index contributed by atoms with van der Waals surface area (Å²) in [5, 5.41) is 83.9. The number of rotatable bonds is 7. The van der Waals surface area contributed by atoms with Crippen molar-refractivity contribution in [2.24, 2.45) is 0 Å². The summed E-state index contributed by atoms with van der Waals surface area (Å²) in [6.07, 6.45) is -7.63. The number of aromatic nitrogens is 2. The Morgan fingerprint density at radius 2 is 1.50 bits per heavy atom. The predicted octanol–water partition coefficient (Wildman–Crippen LogP) is -0.734. The summed E-state index contributed by atoms with van der Waals surface area (Å²) < 4.78 is 7.38. The molecule has 0 spiro atoms. The molecule has 4 heterocycles. The molecule has 2 aliphatic heterocycles. The Bertz CT molecular complexity index is 2000. The third-order valence-electron chi connectivity index (χ3n) is 8.44. The van der Waals surface area contributed by atoms with E-state index in [1.54, 1.807) is 6.07 Å². The van der Waals surface area contributed by atoms with Crippen LogP contribution >= 0.6 is 0 Å². The van der Waals surface area contributed by atoms with E-state index in [9.17, 15) is 50.4 Å². The van der Waals surface area contributed by atoms with Gasteiger partial charge in [-0.3, -0.25) is 9.59 Å². The smallest absolute Gasteiger partial charge is 0.276 e. The first-order valence-electron chi connectivity index (χ1n) is 13.7. The number of imide groups is 1. The first-order valence-corrected chi connectivity index (χ1v) is 13.7. The number of amides is 2. The van der Waals surface area contributed by atoms with Crippen molar-refractivity contribution < 1.29 is 55.2 Å². The van der Waals surface area contributed by atoms with E-state index in [-0.39, 0.29) is 49.9 Å². The Morgan fingerprint density at radius 1 is 0.864 bits per heavy atom. The van der Waals surface area contributed by atoms with Gasteiger partial charge < -0.3 is 55.1 Å². The van der Waals surface area contributed by atoms with Gasteiger partial charge in [0.15, 0.2) is 6.23 Å². The van der Waals surface area contributed by atoms with Crippen molar-refractivity contribution in [1.82, 2.24) is 20.0 Å². The summed E-state index contributed by atoms with van der Waals surface area (Å²) >= 11 is 0. The first kappa shape index (κ1) is 28.5. The van der Waals surface area contributed by atoms with Gasteiger partial charge in [-0.1, -0.05) is 0 Å². The summed E-state index contributed by atoms with van der Waals surface area (Å²) in [5.74, 6) is -1.84. The molecule has 5 aromatic rings. The largest absolute Gasteiger partial charge is 0.508 e. The lowest BCUT2D eigenvalue weighted by Gasteiger charge is -2.21. The SMILES string of the molecule is O=C1c2c(c3c4ccc(O)cc4n([C@@H]4O[C@H]([C@H](O)CO)[C@@H](O)[C@H]4O)c3c3[nH]c4cc(O)ccc4c23)C(=O)N1NC(CO)CO. The summed E-state index contributed by atoms with van der Waals surface area (Å²) in [4.78, 5) is 31.2. The van der Waals surface area contributed by atoms with Gasteiger partial charge >= 0.3 is 0 Å². The molecule has 230 valence electrons. The van der Waals surface area contributed by atoms with Gasteiger partial charge in [0.05, 0.1) is 59.1 Å². The molecule has 15 nitrogen and oxygen atoms in total. The number of phenols is 2. The van der Waals surface area contributed by atoms with E-state index in [4.69, 9.17) is 4.74 Å². The molecule has 0 saturated carbocycles. The number of benzene rings is 3. The van der Waals surface area contributed by atoms with E-state index < -0.39 is 68.3 Å². The van der Waals surface area contributed by atoms with Crippen LogP contribution in [0.2, 0.25) is 0 Å². The molecule has 0 aliphatic carbocycles. The van der Waals surface area contributed by atoms with E-state index in [1.165, 1.54) is 34.9 Å². The molecule has 0 bridgehead atoms. The van der Waals surface area contributed by atoms with Crippen LogP contribution < -0.4 is 5.43 Å². The highest BCUT2D eigenvalue weighted by molar-refractivity contribution is 6.39. The fraction of sp³-hybridized carbons (Fsp3) is 0.310. The van der Waals surface area contributed by atoms with Crippen molar-refractivity contribution in [2.45, 2.75) is 36.7 Å². The quantitative estimate of drug-likeness (QED) is 0.103. The number of aliphatic hydroxyl groups excluding tert-OH is 6. The number of hydrogen-bond donors (Lipinski definition) is 10. The molecular weight excluding hydrogens is 580 g/mol. The zero-order chi connectivity index (χ0) is 31.2. The highest BCUT2D eigenvalue weighted by atomic mass is 16.6. The minimum Gasteiger partial charge on any atom is -0.508 e. The Morgan fingerprint density at radius 3 is 2.16 bits per heavy atom. The van der Waals surface area contributed by atoms with Crippen LogP contribution in [0.1, 0.15) is 26.9 Å². The number of aliphatic hydroxyl groups is 6. The maximum Gasteiger partial charge on any atom is 0.276 e. The van der Waals surface area contributed by atoms with Crippen LogP contribution in [-0.2, 0) is 4.74 Å². The normalized spacial score (nSPS) is 22.9. The molecule has 0 unspecified atom stereocenters. The first-order chi connectivity index (χ1) is 21.1. The summed E-state index contributed by atoms with van der Waals surface area (Å²) in [7, 11) is 0. The molecule has 0 radical (unpaired) electrons. The Hall–Kier alpha value is -4.32. The van der Waals surface area contributed by atoms with Crippen molar-refractivity contribution in [3.63, 3.8) is 0 Å². The van der Waals surface area contributed by atoms with Crippen LogP contribution in [0.4, 0.5) is 0 Å². The van der Waals surface area contributed by atoms with Crippen LogP contribution in [0.3, 0.4) is 0 Å². The average molecular weight is 609 g/mol. The number of aromatic hydroxyl groups is 2. The number of hydrazine groups is 1.